The third-order valence-electron chi connectivity index (χ3n) is 5.63. The number of halogens is 2. The number of carbonyl (C=O) groups is 1. The third kappa shape index (κ3) is 6.32. The summed E-state index contributed by atoms with van der Waals surface area (Å²) in [5, 5.41) is 14.0. The fourth-order valence-corrected chi connectivity index (χ4v) is 3.90. The molecule has 35 heavy (non-hydrogen) atoms. The van der Waals surface area contributed by atoms with E-state index in [1.165, 1.54) is 6.07 Å². The lowest BCUT2D eigenvalue weighted by Gasteiger charge is -2.19. The standard InChI is InChI=1S/C27H27FN2O4.ClH/c1-2-33-25-13-7-9-18(26(25)34-17-19-8-3-5-11-22(19)28)15-30-24(27(31)32)14-20-16-29-23-12-6-4-10-21(20)23;/h3-13,16,24,29-30H,2,14-15,17H2,1H3,(H,31,32);1H. The number of ether oxygens (including phenoxy) is 2. The molecular formula is C27H28ClFN2O4. The van der Waals surface area contributed by atoms with E-state index in [0.717, 1.165) is 22.0 Å². The van der Waals surface area contributed by atoms with Gasteiger partial charge in [0.15, 0.2) is 11.5 Å². The molecular weight excluding hydrogens is 471 g/mol. The van der Waals surface area contributed by atoms with E-state index >= 15 is 0 Å². The topological polar surface area (TPSA) is 83.6 Å². The number of hydrogen-bond donors (Lipinski definition) is 3. The van der Waals surface area contributed by atoms with Crippen molar-refractivity contribution in [1.29, 1.82) is 0 Å². The number of benzene rings is 3. The molecule has 6 nitrogen and oxygen atoms in total. The highest BCUT2D eigenvalue weighted by Gasteiger charge is 2.21. The predicted molar refractivity (Wildman–Crippen MR) is 136 cm³/mol. The zero-order valence-corrected chi connectivity index (χ0v) is 20.1. The molecule has 1 heterocycles. The lowest BCUT2D eigenvalue weighted by Crippen LogP contribution is -2.38. The fourth-order valence-electron chi connectivity index (χ4n) is 3.90. The second kappa shape index (κ2) is 12.2. The summed E-state index contributed by atoms with van der Waals surface area (Å²) in [6.07, 6.45) is 2.16. The Morgan fingerprint density at radius 2 is 1.74 bits per heavy atom. The van der Waals surface area contributed by atoms with E-state index in [1.807, 2.05) is 49.5 Å². The van der Waals surface area contributed by atoms with Gasteiger partial charge in [0.1, 0.15) is 18.5 Å². The van der Waals surface area contributed by atoms with Crippen LogP contribution in [0, 0.1) is 5.82 Å². The first-order valence-corrected chi connectivity index (χ1v) is 11.2. The first-order valence-electron chi connectivity index (χ1n) is 11.2. The molecule has 0 amide bonds. The predicted octanol–water partition coefficient (Wildman–Crippen LogP) is 5.49. The molecule has 0 aliphatic rings. The number of para-hydroxylation sites is 2. The number of fused-ring (bicyclic) bond motifs is 1. The number of carboxylic acids is 1. The van der Waals surface area contributed by atoms with Gasteiger partial charge >= 0.3 is 5.97 Å². The Hall–Kier alpha value is -3.55. The van der Waals surface area contributed by atoms with Crippen LogP contribution in [-0.4, -0.2) is 28.7 Å². The number of aromatic amines is 1. The molecule has 0 spiro atoms. The normalized spacial score (nSPS) is 11.6. The summed E-state index contributed by atoms with van der Waals surface area (Å²) < 4.78 is 25.8. The maximum Gasteiger partial charge on any atom is 0.321 e. The van der Waals surface area contributed by atoms with E-state index in [9.17, 15) is 14.3 Å². The molecule has 0 radical (unpaired) electrons. The maximum absolute atomic E-state index is 14.1. The zero-order chi connectivity index (χ0) is 23.9. The second-order valence-electron chi connectivity index (χ2n) is 7.89. The van der Waals surface area contributed by atoms with Crippen molar-refractivity contribution in [2.24, 2.45) is 0 Å². The van der Waals surface area contributed by atoms with Gasteiger partial charge in [-0.3, -0.25) is 10.1 Å². The third-order valence-corrected chi connectivity index (χ3v) is 5.63. The highest BCUT2D eigenvalue weighted by atomic mass is 35.5. The van der Waals surface area contributed by atoms with Crippen molar-refractivity contribution in [3.63, 3.8) is 0 Å². The lowest BCUT2D eigenvalue weighted by molar-refractivity contribution is -0.139. The first-order chi connectivity index (χ1) is 16.6. The molecule has 3 aromatic carbocycles. The molecule has 0 aliphatic heterocycles. The molecule has 0 saturated carbocycles. The molecule has 1 atom stereocenters. The minimum Gasteiger partial charge on any atom is -0.490 e. The van der Waals surface area contributed by atoms with E-state index in [4.69, 9.17) is 9.47 Å². The van der Waals surface area contributed by atoms with Crippen molar-refractivity contribution in [3.05, 3.63) is 95.4 Å². The molecule has 1 unspecified atom stereocenters. The summed E-state index contributed by atoms with van der Waals surface area (Å²) in [5.41, 5.74) is 3.05. The van der Waals surface area contributed by atoms with Gasteiger partial charge in [-0.05, 0) is 30.7 Å². The summed E-state index contributed by atoms with van der Waals surface area (Å²) in [4.78, 5) is 15.2. The number of hydrogen-bond acceptors (Lipinski definition) is 4. The van der Waals surface area contributed by atoms with Crippen molar-refractivity contribution in [2.75, 3.05) is 6.61 Å². The van der Waals surface area contributed by atoms with Gasteiger partial charge in [-0.2, -0.15) is 0 Å². The van der Waals surface area contributed by atoms with Gasteiger partial charge in [-0.25, -0.2) is 4.39 Å². The molecule has 3 N–H and O–H groups in total. The van der Waals surface area contributed by atoms with Gasteiger partial charge in [-0.15, -0.1) is 12.4 Å². The highest BCUT2D eigenvalue weighted by molar-refractivity contribution is 5.85. The van der Waals surface area contributed by atoms with Crippen LogP contribution in [0.4, 0.5) is 4.39 Å². The van der Waals surface area contributed by atoms with E-state index in [-0.39, 0.29) is 31.4 Å². The summed E-state index contributed by atoms with van der Waals surface area (Å²) >= 11 is 0. The van der Waals surface area contributed by atoms with Crippen LogP contribution in [0.15, 0.2) is 72.9 Å². The number of rotatable bonds is 11. The highest BCUT2D eigenvalue weighted by Crippen LogP contribution is 2.32. The second-order valence-corrected chi connectivity index (χ2v) is 7.89. The number of aliphatic carboxylic acids is 1. The molecule has 0 fully saturated rings. The van der Waals surface area contributed by atoms with Gasteiger partial charge in [0.05, 0.1) is 6.61 Å². The molecule has 0 aliphatic carbocycles. The Labute approximate surface area is 209 Å². The van der Waals surface area contributed by atoms with Crippen LogP contribution in [0.2, 0.25) is 0 Å². The van der Waals surface area contributed by atoms with Crippen molar-refractivity contribution in [1.82, 2.24) is 10.3 Å². The molecule has 4 aromatic rings. The molecule has 184 valence electrons. The number of aromatic nitrogens is 1. The fraction of sp³-hybridized carbons (Fsp3) is 0.222. The van der Waals surface area contributed by atoms with Crippen molar-refractivity contribution < 1.29 is 23.8 Å². The maximum atomic E-state index is 14.1. The zero-order valence-electron chi connectivity index (χ0n) is 19.3. The van der Waals surface area contributed by atoms with Crippen molar-refractivity contribution >= 4 is 29.3 Å². The van der Waals surface area contributed by atoms with Crippen LogP contribution in [-0.2, 0) is 24.4 Å². The van der Waals surface area contributed by atoms with Crippen molar-refractivity contribution in [3.8, 4) is 11.5 Å². The van der Waals surface area contributed by atoms with Gasteiger partial charge < -0.3 is 19.6 Å². The van der Waals surface area contributed by atoms with Crippen LogP contribution < -0.4 is 14.8 Å². The Balaban J connectivity index is 0.00000342. The smallest absolute Gasteiger partial charge is 0.321 e. The van der Waals surface area contributed by atoms with Crippen LogP contribution in [0.25, 0.3) is 10.9 Å². The van der Waals surface area contributed by atoms with E-state index < -0.39 is 12.0 Å². The molecule has 4 rings (SSSR count). The monoisotopic (exact) mass is 498 g/mol. The number of H-pyrrole nitrogens is 1. The Morgan fingerprint density at radius 1 is 1.00 bits per heavy atom. The molecule has 0 bridgehead atoms. The molecule has 0 saturated heterocycles. The Kier molecular flexibility index (Phi) is 9.11. The summed E-state index contributed by atoms with van der Waals surface area (Å²) in [6, 6.07) is 18.9. The minimum atomic E-state index is -0.944. The number of carboxylic acid groups (broad SMARTS) is 1. The van der Waals surface area contributed by atoms with Gasteiger partial charge in [0.2, 0.25) is 0 Å². The SMILES string of the molecule is CCOc1cccc(CNC(Cc2c[nH]c3ccccc23)C(=O)O)c1OCc1ccccc1F.Cl. The quantitative estimate of drug-likeness (QED) is 0.254. The van der Waals surface area contributed by atoms with E-state index in [1.54, 1.807) is 24.3 Å². The Bertz CT molecular complexity index is 1280. The summed E-state index contributed by atoms with van der Waals surface area (Å²) in [7, 11) is 0. The molecule has 1 aromatic heterocycles. The van der Waals surface area contributed by atoms with Gasteiger partial charge in [0.25, 0.3) is 0 Å². The van der Waals surface area contributed by atoms with Crippen LogP contribution in [0.3, 0.4) is 0 Å². The van der Waals surface area contributed by atoms with Gasteiger partial charge in [-0.1, -0.05) is 48.5 Å². The summed E-state index contributed by atoms with van der Waals surface area (Å²) in [5.74, 6) is -0.293. The largest absolute Gasteiger partial charge is 0.490 e. The Morgan fingerprint density at radius 3 is 2.51 bits per heavy atom. The minimum absolute atomic E-state index is 0. The number of nitrogens with one attached hydrogen (secondary N) is 2. The first kappa shape index (κ1) is 26.1. The van der Waals surface area contributed by atoms with E-state index in [0.29, 0.717) is 30.1 Å². The van der Waals surface area contributed by atoms with Gasteiger partial charge in [0, 0.05) is 41.2 Å². The van der Waals surface area contributed by atoms with E-state index in [2.05, 4.69) is 10.3 Å². The summed E-state index contributed by atoms with van der Waals surface area (Å²) in [6.45, 7) is 2.58. The van der Waals surface area contributed by atoms with Crippen LogP contribution in [0.5, 0.6) is 11.5 Å². The lowest BCUT2D eigenvalue weighted by atomic mass is 10.0. The average Bonchev–Trinajstić information content (AvgIpc) is 3.25. The average molecular weight is 499 g/mol. The van der Waals surface area contributed by atoms with Crippen molar-refractivity contribution in [2.45, 2.75) is 32.5 Å². The van der Waals surface area contributed by atoms with Crippen LogP contribution >= 0.6 is 12.4 Å². The van der Waals surface area contributed by atoms with Crippen LogP contribution in [0.1, 0.15) is 23.6 Å². The molecule has 8 heteroatoms.